The van der Waals surface area contributed by atoms with E-state index in [9.17, 15) is 0 Å². The second-order valence-electron chi connectivity index (χ2n) is 4.23. The van der Waals surface area contributed by atoms with Gasteiger partial charge in [-0.25, -0.2) is 0 Å². The minimum absolute atomic E-state index is 0. The van der Waals surface area contributed by atoms with Gasteiger partial charge in [0.2, 0.25) is 0 Å². The van der Waals surface area contributed by atoms with Crippen molar-refractivity contribution >= 4 is 29.9 Å². The number of halogens is 1. The maximum Gasteiger partial charge on any atom is 0.188 e. The topological polar surface area (TPSA) is 50.4 Å². The molecule has 0 fully saturated rings. The van der Waals surface area contributed by atoms with Crippen molar-refractivity contribution in [3.63, 3.8) is 0 Å². The van der Waals surface area contributed by atoms with Crippen molar-refractivity contribution in [2.45, 2.75) is 52.0 Å². The lowest BCUT2D eigenvalue weighted by Crippen LogP contribution is -2.38. The third-order valence-corrected chi connectivity index (χ3v) is 2.86. The Labute approximate surface area is 116 Å². The fourth-order valence-electron chi connectivity index (χ4n) is 1.68. The summed E-state index contributed by atoms with van der Waals surface area (Å²) in [5.74, 6) is 0.586. The summed E-state index contributed by atoms with van der Waals surface area (Å²) < 4.78 is 0. The predicted molar refractivity (Wildman–Crippen MR) is 81.3 cm³/mol. The van der Waals surface area contributed by atoms with Crippen molar-refractivity contribution < 1.29 is 0 Å². The zero-order chi connectivity index (χ0) is 11.1. The lowest BCUT2D eigenvalue weighted by Gasteiger charge is -2.11. The van der Waals surface area contributed by atoms with Crippen LogP contribution in [0.5, 0.6) is 0 Å². The number of guanidine groups is 1. The van der Waals surface area contributed by atoms with Gasteiger partial charge in [-0.3, -0.25) is 4.99 Å². The number of hydrogen-bond acceptors (Lipinski definition) is 1. The van der Waals surface area contributed by atoms with Gasteiger partial charge < -0.3 is 11.1 Å². The number of nitrogens with one attached hydrogen (secondary N) is 1. The van der Waals surface area contributed by atoms with Crippen molar-refractivity contribution in [2.75, 3.05) is 6.54 Å². The molecule has 0 radical (unpaired) electrons. The Morgan fingerprint density at radius 1 is 1.62 bits per heavy atom. The Hall–Kier alpha value is -0.260. The van der Waals surface area contributed by atoms with Gasteiger partial charge in [-0.2, -0.15) is 0 Å². The molecule has 0 heterocycles. The van der Waals surface area contributed by atoms with Crippen LogP contribution >= 0.6 is 24.0 Å². The van der Waals surface area contributed by atoms with E-state index in [2.05, 4.69) is 30.2 Å². The quantitative estimate of drug-likeness (QED) is 0.351. The second-order valence-corrected chi connectivity index (χ2v) is 4.23. The van der Waals surface area contributed by atoms with E-state index in [1.807, 2.05) is 0 Å². The third-order valence-electron chi connectivity index (χ3n) is 2.86. The molecule has 3 nitrogen and oxygen atoms in total. The lowest BCUT2D eigenvalue weighted by molar-refractivity contribution is 0.636. The summed E-state index contributed by atoms with van der Waals surface area (Å²) in [6.07, 6.45) is 8.31. The molecule has 1 atom stereocenters. The molecule has 0 saturated heterocycles. The average molecular weight is 337 g/mol. The Balaban J connectivity index is 0.00000225. The van der Waals surface area contributed by atoms with Gasteiger partial charge in [-0.15, -0.1) is 24.0 Å². The van der Waals surface area contributed by atoms with Crippen LogP contribution in [0, 0.1) is 0 Å². The highest BCUT2D eigenvalue weighted by Gasteiger charge is 2.03. The molecule has 0 aromatic carbocycles. The fraction of sp³-hybridized carbons (Fsp3) is 0.750. The minimum Gasteiger partial charge on any atom is -0.370 e. The number of hydrogen-bond donors (Lipinski definition) is 2. The predicted octanol–water partition coefficient (Wildman–Crippen LogP) is 2.81. The van der Waals surface area contributed by atoms with Gasteiger partial charge >= 0.3 is 0 Å². The molecule has 94 valence electrons. The zero-order valence-corrected chi connectivity index (χ0v) is 12.7. The van der Waals surface area contributed by atoms with Crippen LogP contribution in [0.25, 0.3) is 0 Å². The third kappa shape index (κ3) is 6.35. The van der Waals surface area contributed by atoms with Crippen LogP contribution < -0.4 is 11.1 Å². The van der Waals surface area contributed by atoms with Gasteiger partial charge in [0, 0.05) is 12.6 Å². The van der Waals surface area contributed by atoms with Crippen LogP contribution in [0.3, 0.4) is 0 Å². The highest BCUT2D eigenvalue weighted by molar-refractivity contribution is 14.0. The molecular weight excluding hydrogens is 313 g/mol. The molecule has 0 aromatic rings. The first kappa shape index (κ1) is 15.7. The van der Waals surface area contributed by atoms with E-state index < -0.39 is 0 Å². The fourth-order valence-corrected chi connectivity index (χ4v) is 1.68. The van der Waals surface area contributed by atoms with Crippen molar-refractivity contribution in [3.8, 4) is 0 Å². The number of rotatable bonds is 5. The highest BCUT2D eigenvalue weighted by Crippen LogP contribution is 2.20. The van der Waals surface area contributed by atoms with Crippen LogP contribution in [0.15, 0.2) is 16.6 Å². The number of nitrogens with two attached hydrogens (primary N) is 1. The van der Waals surface area contributed by atoms with Gasteiger partial charge in [0.15, 0.2) is 5.96 Å². The van der Waals surface area contributed by atoms with Gasteiger partial charge in [-0.1, -0.05) is 18.6 Å². The second kappa shape index (κ2) is 8.84. The van der Waals surface area contributed by atoms with Gasteiger partial charge in [0.25, 0.3) is 0 Å². The first-order valence-corrected chi connectivity index (χ1v) is 5.96. The summed E-state index contributed by atoms with van der Waals surface area (Å²) in [6.45, 7) is 5.07. The van der Waals surface area contributed by atoms with E-state index in [-0.39, 0.29) is 24.0 Å². The summed E-state index contributed by atoms with van der Waals surface area (Å²) in [5, 5.41) is 3.16. The van der Waals surface area contributed by atoms with Crippen LogP contribution in [-0.4, -0.2) is 18.5 Å². The molecule has 1 rings (SSSR count). The van der Waals surface area contributed by atoms with Crippen molar-refractivity contribution in [2.24, 2.45) is 10.7 Å². The highest BCUT2D eigenvalue weighted by atomic mass is 127. The monoisotopic (exact) mass is 337 g/mol. The van der Waals surface area contributed by atoms with Gasteiger partial charge in [0.05, 0.1) is 0 Å². The minimum atomic E-state index is 0. The largest absolute Gasteiger partial charge is 0.370 e. The zero-order valence-electron chi connectivity index (χ0n) is 10.3. The molecule has 1 unspecified atom stereocenters. The molecule has 0 saturated carbocycles. The molecule has 1 aliphatic carbocycles. The summed E-state index contributed by atoms with van der Waals surface area (Å²) >= 11 is 0. The van der Waals surface area contributed by atoms with E-state index in [0.717, 1.165) is 19.4 Å². The van der Waals surface area contributed by atoms with E-state index in [1.165, 1.54) is 19.3 Å². The lowest BCUT2D eigenvalue weighted by atomic mass is 10.2. The van der Waals surface area contributed by atoms with Crippen molar-refractivity contribution in [3.05, 3.63) is 11.6 Å². The molecule has 0 aromatic heterocycles. The van der Waals surface area contributed by atoms with E-state index in [0.29, 0.717) is 12.0 Å². The standard InChI is InChI=1S/C12H23N3.HI/c1-3-10(2)15-12(13)14-9-8-11-6-4-5-7-11;/h6,10H,3-5,7-9H2,1-2H3,(H3,13,14,15);1H. The number of nitrogens with zero attached hydrogens (tertiary/aromatic N) is 1. The normalized spacial score (nSPS) is 17.6. The molecule has 0 aliphatic heterocycles. The Kier molecular flexibility index (Phi) is 8.70. The Morgan fingerprint density at radius 2 is 2.38 bits per heavy atom. The molecule has 0 amide bonds. The van der Waals surface area contributed by atoms with E-state index >= 15 is 0 Å². The first-order chi connectivity index (χ1) is 7.22. The Bertz CT molecular complexity index is 249. The smallest absolute Gasteiger partial charge is 0.188 e. The molecule has 0 spiro atoms. The van der Waals surface area contributed by atoms with E-state index in [4.69, 9.17) is 5.73 Å². The summed E-state index contributed by atoms with van der Waals surface area (Å²) in [5.41, 5.74) is 7.31. The maximum atomic E-state index is 5.75. The van der Waals surface area contributed by atoms with Crippen LogP contribution in [0.2, 0.25) is 0 Å². The molecule has 3 N–H and O–H groups in total. The SMILES string of the molecule is CCC(C)NC(N)=NCCC1=CCCC1.I. The van der Waals surface area contributed by atoms with E-state index in [1.54, 1.807) is 5.57 Å². The summed E-state index contributed by atoms with van der Waals surface area (Å²) in [6, 6.07) is 0.416. The molecule has 0 bridgehead atoms. The average Bonchev–Trinajstić information content (AvgIpc) is 2.70. The van der Waals surface area contributed by atoms with Crippen LogP contribution in [0.1, 0.15) is 46.0 Å². The molecule has 4 heteroatoms. The van der Waals surface area contributed by atoms with Crippen molar-refractivity contribution in [1.29, 1.82) is 0 Å². The summed E-state index contributed by atoms with van der Waals surface area (Å²) in [7, 11) is 0. The van der Waals surface area contributed by atoms with Crippen molar-refractivity contribution in [1.82, 2.24) is 5.32 Å². The maximum absolute atomic E-state index is 5.75. The Morgan fingerprint density at radius 3 is 2.94 bits per heavy atom. The number of allylic oxidation sites excluding steroid dienone is 1. The van der Waals surface area contributed by atoms with Gasteiger partial charge in [-0.05, 0) is 39.0 Å². The van der Waals surface area contributed by atoms with Crippen LogP contribution in [-0.2, 0) is 0 Å². The molecule has 1 aliphatic rings. The van der Waals surface area contributed by atoms with Gasteiger partial charge in [0.1, 0.15) is 0 Å². The molecule has 16 heavy (non-hydrogen) atoms. The van der Waals surface area contributed by atoms with Crippen LogP contribution in [0.4, 0.5) is 0 Å². The summed E-state index contributed by atoms with van der Waals surface area (Å²) in [4.78, 5) is 4.32. The molecular formula is C12H24IN3. The first-order valence-electron chi connectivity index (χ1n) is 5.96. The number of aliphatic imine (C=N–C) groups is 1.